The number of hydrogen-bond donors (Lipinski definition) is 0. The summed E-state index contributed by atoms with van der Waals surface area (Å²) in [5, 5.41) is 0. The molecule has 0 amide bonds. The highest BCUT2D eigenvalue weighted by atomic mass is 79.9. The van der Waals surface area contributed by atoms with E-state index in [0.29, 0.717) is 12.2 Å². The van der Waals surface area contributed by atoms with E-state index in [1.54, 1.807) is 31.2 Å². The third kappa shape index (κ3) is 3.92. The maximum Gasteiger partial charge on any atom is 0.321 e. The van der Waals surface area contributed by atoms with Crippen LogP contribution < -0.4 is 0 Å². The molecule has 17 heavy (non-hydrogen) atoms. The van der Waals surface area contributed by atoms with E-state index in [9.17, 15) is 9.59 Å². The van der Waals surface area contributed by atoms with Crippen molar-refractivity contribution >= 4 is 43.6 Å². The van der Waals surface area contributed by atoms with Crippen LogP contribution in [0.25, 0.3) is 0 Å². The number of carbonyl (C=O) groups excluding carboxylic acids is 2. The molecule has 3 nitrogen and oxygen atoms in total. The predicted octanol–water partition coefficient (Wildman–Crippen LogP) is 2.96. The summed E-state index contributed by atoms with van der Waals surface area (Å²) in [6, 6.07) is 8.81. The number of Topliss-reactive ketones (excluding diaryl/α,β-unsaturated/α-hetero) is 1. The monoisotopic (exact) mass is 362 g/mol. The number of alkyl halides is 2. The van der Waals surface area contributed by atoms with Crippen molar-refractivity contribution < 1.29 is 14.3 Å². The second kappa shape index (κ2) is 6.91. The van der Waals surface area contributed by atoms with Crippen LogP contribution >= 0.6 is 31.9 Å². The summed E-state index contributed by atoms with van der Waals surface area (Å²) in [7, 11) is 0. The summed E-state index contributed by atoms with van der Waals surface area (Å²) in [4.78, 5) is 22.2. The molecule has 0 saturated heterocycles. The van der Waals surface area contributed by atoms with Gasteiger partial charge in [0, 0.05) is 5.56 Å². The van der Waals surface area contributed by atoms with Crippen molar-refractivity contribution in [1.82, 2.24) is 0 Å². The van der Waals surface area contributed by atoms with E-state index >= 15 is 0 Å². The van der Waals surface area contributed by atoms with Crippen molar-refractivity contribution in [1.29, 1.82) is 0 Å². The molecule has 1 aromatic rings. The summed E-state index contributed by atoms with van der Waals surface area (Å²) in [5.74, 6) is -0.598. The van der Waals surface area contributed by atoms with E-state index in [2.05, 4.69) is 31.9 Å². The molecule has 0 bridgehead atoms. The smallest absolute Gasteiger partial charge is 0.321 e. The lowest BCUT2D eigenvalue weighted by Crippen LogP contribution is -2.32. The van der Waals surface area contributed by atoms with Gasteiger partial charge in [0.2, 0.25) is 0 Å². The average molecular weight is 364 g/mol. The number of halogens is 2. The molecule has 5 heteroatoms. The van der Waals surface area contributed by atoms with Crippen LogP contribution in [0.4, 0.5) is 0 Å². The van der Waals surface area contributed by atoms with Gasteiger partial charge in [-0.25, -0.2) is 0 Å². The first kappa shape index (κ1) is 14.4. The Labute approximate surface area is 117 Å². The average Bonchev–Trinajstić information content (AvgIpc) is 2.37. The Morgan fingerprint density at radius 2 is 1.76 bits per heavy atom. The van der Waals surface area contributed by atoms with Gasteiger partial charge in [0.05, 0.1) is 6.61 Å². The van der Waals surface area contributed by atoms with Gasteiger partial charge in [-0.1, -0.05) is 62.2 Å². The van der Waals surface area contributed by atoms with E-state index < -0.39 is 15.6 Å². The van der Waals surface area contributed by atoms with E-state index in [1.807, 2.05) is 6.07 Å². The highest BCUT2D eigenvalue weighted by molar-refractivity contribution is 9.12. The minimum atomic E-state index is -0.685. The first-order valence-corrected chi connectivity index (χ1v) is 6.95. The lowest BCUT2D eigenvalue weighted by atomic mass is 10.1. The first-order valence-electron chi connectivity index (χ1n) is 5.12. The van der Waals surface area contributed by atoms with Gasteiger partial charge >= 0.3 is 5.97 Å². The molecule has 0 aromatic heterocycles. The molecule has 1 rings (SSSR count). The lowest BCUT2D eigenvalue weighted by molar-refractivity contribution is -0.142. The Hall–Kier alpha value is -0.680. The predicted molar refractivity (Wildman–Crippen MR) is 72.8 cm³/mol. The van der Waals surface area contributed by atoms with Gasteiger partial charge in [-0.3, -0.25) is 9.59 Å². The minimum Gasteiger partial charge on any atom is -0.465 e. The number of benzene rings is 1. The Kier molecular flexibility index (Phi) is 5.85. The van der Waals surface area contributed by atoms with Crippen molar-refractivity contribution in [3.05, 3.63) is 35.9 Å². The fraction of sp³-hybridized carbons (Fsp3) is 0.333. The quantitative estimate of drug-likeness (QED) is 0.459. The third-order valence-electron chi connectivity index (χ3n) is 2.08. The van der Waals surface area contributed by atoms with Gasteiger partial charge in [0.25, 0.3) is 0 Å². The Morgan fingerprint density at radius 1 is 1.18 bits per heavy atom. The molecule has 0 N–H and O–H groups in total. The molecule has 0 aliphatic heterocycles. The van der Waals surface area contributed by atoms with Gasteiger partial charge < -0.3 is 4.74 Å². The van der Waals surface area contributed by atoms with Crippen molar-refractivity contribution in [2.24, 2.45) is 0 Å². The van der Waals surface area contributed by atoms with Crippen LogP contribution in [0.3, 0.4) is 0 Å². The van der Waals surface area contributed by atoms with Gasteiger partial charge in [0.15, 0.2) is 5.78 Å². The summed E-state index contributed by atoms with van der Waals surface area (Å²) >= 11 is 6.38. The molecule has 0 aliphatic rings. The number of hydrogen-bond acceptors (Lipinski definition) is 3. The van der Waals surface area contributed by atoms with Gasteiger partial charge in [-0.05, 0) is 6.92 Å². The number of ketones is 1. The SMILES string of the molecule is CCOC(=O)[C@H](Br)[C@H](Br)C(=O)c1ccccc1. The number of rotatable bonds is 5. The maximum absolute atomic E-state index is 12.0. The molecule has 0 saturated carbocycles. The number of ether oxygens (including phenoxy) is 1. The third-order valence-corrected chi connectivity index (χ3v) is 4.63. The summed E-state index contributed by atoms with van der Waals surface area (Å²) < 4.78 is 4.84. The second-order valence-electron chi connectivity index (χ2n) is 3.29. The standard InChI is InChI=1S/C12H12Br2O3/c1-2-17-12(16)10(14)9(13)11(15)8-6-4-3-5-7-8/h3-7,9-10H,2H2,1H3/t9-,10+/m0/s1. The normalized spacial score (nSPS) is 13.8. The molecule has 1 aromatic carbocycles. The molecule has 2 atom stereocenters. The zero-order chi connectivity index (χ0) is 12.8. The molecular weight excluding hydrogens is 352 g/mol. The zero-order valence-electron chi connectivity index (χ0n) is 9.23. The van der Waals surface area contributed by atoms with Crippen LogP contribution in [0.2, 0.25) is 0 Å². The number of esters is 1. The fourth-order valence-electron chi connectivity index (χ4n) is 1.24. The lowest BCUT2D eigenvalue weighted by Gasteiger charge is -2.14. The largest absolute Gasteiger partial charge is 0.465 e. The van der Waals surface area contributed by atoms with Crippen LogP contribution in [-0.4, -0.2) is 28.0 Å². The first-order chi connectivity index (χ1) is 8.07. The Balaban J connectivity index is 2.73. The topological polar surface area (TPSA) is 43.4 Å². The molecule has 0 heterocycles. The van der Waals surface area contributed by atoms with Crippen molar-refractivity contribution in [3.8, 4) is 0 Å². The molecule has 0 radical (unpaired) electrons. The highest BCUT2D eigenvalue weighted by Crippen LogP contribution is 2.20. The van der Waals surface area contributed by atoms with Gasteiger partial charge in [-0.2, -0.15) is 0 Å². The van der Waals surface area contributed by atoms with E-state index in [0.717, 1.165) is 0 Å². The van der Waals surface area contributed by atoms with E-state index in [4.69, 9.17) is 4.74 Å². The fourth-order valence-corrected chi connectivity index (χ4v) is 2.09. The summed E-state index contributed by atoms with van der Waals surface area (Å²) in [6.45, 7) is 2.01. The van der Waals surface area contributed by atoms with Crippen LogP contribution in [0.15, 0.2) is 30.3 Å². The van der Waals surface area contributed by atoms with Crippen LogP contribution in [0, 0.1) is 0 Å². The molecule has 0 unspecified atom stereocenters. The van der Waals surface area contributed by atoms with E-state index in [-0.39, 0.29) is 5.78 Å². The van der Waals surface area contributed by atoms with Crippen LogP contribution in [0.1, 0.15) is 17.3 Å². The Bertz CT molecular complexity index is 392. The molecule has 92 valence electrons. The highest BCUT2D eigenvalue weighted by Gasteiger charge is 2.31. The zero-order valence-corrected chi connectivity index (χ0v) is 12.4. The van der Waals surface area contributed by atoms with Gasteiger partial charge in [-0.15, -0.1) is 0 Å². The molecule has 0 aliphatic carbocycles. The molecule has 0 spiro atoms. The summed E-state index contributed by atoms with van der Waals surface area (Å²) in [6.07, 6.45) is 0. The van der Waals surface area contributed by atoms with Crippen LogP contribution in [0.5, 0.6) is 0 Å². The van der Waals surface area contributed by atoms with Gasteiger partial charge in [0.1, 0.15) is 9.65 Å². The van der Waals surface area contributed by atoms with E-state index in [1.165, 1.54) is 0 Å². The van der Waals surface area contributed by atoms with Crippen molar-refractivity contribution in [2.45, 2.75) is 16.6 Å². The van der Waals surface area contributed by atoms with Crippen molar-refractivity contribution in [3.63, 3.8) is 0 Å². The molecular formula is C12H12Br2O3. The van der Waals surface area contributed by atoms with Crippen molar-refractivity contribution in [2.75, 3.05) is 6.61 Å². The second-order valence-corrected chi connectivity index (χ2v) is 5.26. The maximum atomic E-state index is 12.0. The number of carbonyl (C=O) groups is 2. The Morgan fingerprint density at radius 3 is 2.29 bits per heavy atom. The molecule has 0 fully saturated rings. The van der Waals surface area contributed by atoms with Crippen LogP contribution in [-0.2, 0) is 9.53 Å². The minimum absolute atomic E-state index is 0.152. The summed E-state index contributed by atoms with van der Waals surface area (Å²) in [5.41, 5.74) is 0.558.